The first-order valence-corrected chi connectivity index (χ1v) is 7.48. The Kier molecular flexibility index (Phi) is 5.46. The van der Waals surface area contributed by atoms with Crippen molar-refractivity contribution in [2.75, 3.05) is 6.54 Å². The predicted octanol–water partition coefficient (Wildman–Crippen LogP) is 3.98. The van der Waals surface area contributed by atoms with Crippen LogP contribution in [-0.4, -0.2) is 16.3 Å². The molecule has 1 aromatic heterocycles. The van der Waals surface area contributed by atoms with Crippen molar-refractivity contribution in [1.82, 2.24) is 15.1 Å². The summed E-state index contributed by atoms with van der Waals surface area (Å²) in [6.07, 6.45) is 1.96. The molecule has 1 aromatic carbocycles. The first-order valence-electron chi connectivity index (χ1n) is 6.72. The van der Waals surface area contributed by atoms with E-state index in [1.807, 2.05) is 29.1 Å². The Labute approximate surface area is 129 Å². The van der Waals surface area contributed by atoms with Crippen molar-refractivity contribution in [2.45, 2.75) is 26.9 Å². The molecule has 0 bridgehead atoms. The molecule has 0 fully saturated rings. The summed E-state index contributed by atoms with van der Waals surface area (Å²) in [5, 5.41) is 9.08. The molecule has 0 aliphatic carbocycles. The van der Waals surface area contributed by atoms with Gasteiger partial charge < -0.3 is 5.32 Å². The molecule has 0 radical (unpaired) electrons. The first-order chi connectivity index (χ1) is 9.56. The van der Waals surface area contributed by atoms with Crippen LogP contribution in [-0.2, 0) is 13.1 Å². The molecule has 5 heteroatoms. The van der Waals surface area contributed by atoms with Crippen molar-refractivity contribution in [3.05, 3.63) is 51.8 Å². The SMILES string of the molecule is CC(C)CNCc1ccn(Cc2cccc(Cl)c2Cl)n1. The molecule has 1 N–H and O–H groups in total. The standard InChI is InChI=1S/C15H19Cl2N3/c1-11(2)8-18-9-13-6-7-20(19-13)10-12-4-3-5-14(16)15(12)17/h3-7,11,18H,8-10H2,1-2H3. The Morgan fingerprint density at radius 2 is 2.05 bits per heavy atom. The van der Waals surface area contributed by atoms with E-state index in [2.05, 4.69) is 24.3 Å². The fourth-order valence-electron chi connectivity index (χ4n) is 1.92. The highest BCUT2D eigenvalue weighted by Crippen LogP contribution is 2.25. The minimum atomic E-state index is 0.579. The van der Waals surface area contributed by atoms with Crippen LogP contribution in [0.4, 0.5) is 0 Å². The van der Waals surface area contributed by atoms with Crippen LogP contribution in [0.25, 0.3) is 0 Å². The van der Waals surface area contributed by atoms with Gasteiger partial charge in [0, 0.05) is 12.7 Å². The van der Waals surface area contributed by atoms with Crippen LogP contribution in [0, 0.1) is 5.92 Å². The summed E-state index contributed by atoms with van der Waals surface area (Å²) in [7, 11) is 0. The highest BCUT2D eigenvalue weighted by atomic mass is 35.5. The zero-order valence-corrected chi connectivity index (χ0v) is 13.2. The van der Waals surface area contributed by atoms with E-state index >= 15 is 0 Å². The van der Waals surface area contributed by atoms with Gasteiger partial charge in [0.15, 0.2) is 0 Å². The number of nitrogens with one attached hydrogen (secondary N) is 1. The summed E-state index contributed by atoms with van der Waals surface area (Å²) in [5.74, 6) is 0.641. The van der Waals surface area contributed by atoms with Crippen LogP contribution in [0.2, 0.25) is 10.0 Å². The molecule has 2 aromatic rings. The lowest BCUT2D eigenvalue weighted by Crippen LogP contribution is -2.19. The lowest BCUT2D eigenvalue weighted by molar-refractivity contribution is 0.543. The van der Waals surface area contributed by atoms with E-state index in [9.17, 15) is 0 Å². The molecule has 0 saturated carbocycles. The van der Waals surface area contributed by atoms with Crippen molar-refractivity contribution >= 4 is 23.2 Å². The van der Waals surface area contributed by atoms with Crippen molar-refractivity contribution < 1.29 is 0 Å². The van der Waals surface area contributed by atoms with E-state index in [0.717, 1.165) is 24.3 Å². The monoisotopic (exact) mass is 311 g/mol. The average Bonchev–Trinajstić information content (AvgIpc) is 2.82. The van der Waals surface area contributed by atoms with Crippen LogP contribution >= 0.6 is 23.2 Å². The van der Waals surface area contributed by atoms with Gasteiger partial charge >= 0.3 is 0 Å². The van der Waals surface area contributed by atoms with E-state index in [1.165, 1.54) is 0 Å². The summed E-state index contributed by atoms with van der Waals surface area (Å²) >= 11 is 12.2. The van der Waals surface area contributed by atoms with Crippen molar-refractivity contribution in [2.24, 2.45) is 5.92 Å². The molecule has 108 valence electrons. The normalized spacial score (nSPS) is 11.2. The Bertz CT molecular complexity index is 564. The molecule has 0 unspecified atom stereocenters. The highest BCUT2D eigenvalue weighted by molar-refractivity contribution is 6.42. The van der Waals surface area contributed by atoms with Gasteiger partial charge in [-0.3, -0.25) is 4.68 Å². The summed E-state index contributed by atoms with van der Waals surface area (Å²) in [6.45, 7) is 6.78. The van der Waals surface area contributed by atoms with Crippen LogP contribution in [0.1, 0.15) is 25.1 Å². The quantitative estimate of drug-likeness (QED) is 0.874. The summed E-state index contributed by atoms with van der Waals surface area (Å²) in [5.41, 5.74) is 2.01. The molecule has 20 heavy (non-hydrogen) atoms. The second kappa shape index (κ2) is 7.11. The molecular formula is C15H19Cl2N3. The number of halogens is 2. The van der Waals surface area contributed by atoms with Crippen LogP contribution in [0.5, 0.6) is 0 Å². The first kappa shape index (κ1) is 15.4. The largest absolute Gasteiger partial charge is 0.311 e. The number of hydrogen-bond donors (Lipinski definition) is 1. The van der Waals surface area contributed by atoms with Gasteiger partial charge in [-0.1, -0.05) is 49.2 Å². The smallest absolute Gasteiger partial charge is 0.0762 e. The molecule has 0 aliphatic heterocycles. The Morgan fingerprint density at radius 3 is 2.80 bits per heavy atom. The van der Waals surface area contributed by atoms with Crippen LogP contribution in [0.3, 0.4) is 0 Å². The van der Waals surface area contributed by atoms with Crippen LogP contribution < -0.4 is 5.32 Å². The molecule has 0 atom stereocenters. The molecule has 0 saturated heterocycles. The van der Waals surface area contributed by atoms with Gasteiger partial charge in [0.05, 0.1) is 22.3 Å². The minimum Gasteiger partial charge on any atom is -0.311 e. The zero-order chi connectivity index (χ0) is 14.5. The highest BCUT2D eigenvalue weighted by Gasteiger charge is 2.06. The lowest BCUT2D eigenvalue weighted by Gasteiger charge is -2.06. The Balaban J connectivity index is 1.97. The van der Waals surface area contributed by atoms with Gasteiger partial charge in [-0.05, 0) is 30.2 Å². The molecule has 2 rings (SSSR count). The average molecular weight is 312 g/mol. The van der Waals surface area contributed by atoms with Gasteiger partial charge in [0.1, 0.15) is 0 Å². The Morgan fingerprint density at radius 1 is 1.25 bits per heavy atom. The molecule has 0 spiro atoms. The second-order valence-electron chi connectivity index (χ2n) is 5.24. The van der Waals surface area contributed by atoms with E-state index in [4.69, 9.17) is 23.2 Å². The van der Waals surface area contributed by atoms with Gasteiger partial charge in [-0.15, -0.1) is 0 Å². The molecule has 3 nitrogen and oxygen atoms in total. The lowest BCUT2D eigenvalue weighted by atomic mass is 10.2. The van der Waals surface area contributed by atoms with E-state index < -0.39 is 0 Å². The maximum Gasteiger partial charge on any atom is 0.0762 e. The maximum absolute atomic E-state index is 6.18. The zero-order valence-electron chi connectivity index (χ0n) is 11.7. The topological polar surface area (TPSA) is 29.9 Å². The van der Waals surface area contributed by atoms with Crippen molar-refractivity contribution in [1.29, 1.82) is 0 Å². The number of aromatic nitrogens is 2. The van der Waals surface area contributed by atoms with E-state index in [0.29, 0.717) is 22.5 Å². The number of rotatable bonds is 6. The van der Waals surface area contributed by atoms with Gasteiger partial charge in [-0.2, -0.15) is 5.10 Å². The molecule has 0 aliphatic rings. The third-order valence-corrected chi connectivity index (χ3v) is 3.78. The Hall–Kier alpha value is -1.03. The number of nitrogens with zero attached hydrogens (tertiary/aromatic N) is 2. The van der Waals surface area contributed by atoms with E-state index in [1.54, 1.807) is 6.07 Å². The molecule has 1 heterocycles. The summed E-state index contributed by atoms with van der Waals surface area (Å²) < 4.78 is 1.88. The second-order valence-corrected chi connectivity index (χ2v) is 6.03. The summed E-state index contributed by atoms with van der Waals surface area (Å²) in [4.78, 5) is 0. The predicted molar refractivity (Wildman–Crippen MR) is 84.3 cm³/mol. The fourth-order valence-corrected chi connectivity index (χ4v) is 2.30. The van der Waals surface area contributed by atoms with Crippen molar-refractivity contribution in [3.8, 4) is 0 Å². The molecule has 0 amide bonds. The van der Waals surface area contributed by atoms with Gasteiger partial charge in [0.25, 0.3) is 0 Å². The number of benzene rings is 1. The maximum atomic E-state index is 6.18. The third kappa shape index (κ3) is 4.23. The van der Waals surface area contributed by atoms with Crippen molar-refractivity contribution in [3.63, 3.8) is 0 Å². The summed E-state index contributed by atoms with van der Waals surface area (Å²) in [6, 6.07) is 7.67. The molecular weight excluding hydrogens is 293 g/mol. The van der Waals surface area contributed by atoms with Gasteiger partial charge in [-0.25, -0.2) is 0 Å². The minimum absolute atomic E-state index is 0.579. The number of hydrogen-bond acceptors (Lipinski definition) is 2. The van der Waals surface area contributed by atoms with Gasteiger partial charge in [0.2, 0.25) is 0 Å². The van der Waals surface area contributed by atoms with Crippen LogP contribution in [0.15, 0.2) is 30.5 Å². The van der Waals surface area contributed by atoms with E-state index in [-0.39, 0.29) is 0 Å². The fraction of sp³-hybridized carbons (Fsp3) is 0.400. The third-order valence-electron chi connectivity index (χ3n) is 2.92.